The Kier molecular flexibility index (Phi) is 3.64. The van der Waals surface area contributed by atoms with Crippen molar-refractivity contribution in [1.29, 1.82) is 0 Å². The van der Waals surface area contributed by atoms with E-state index < -0.39 is 6.10 Å². The maximum absolute atomic E-state index is 13.5. The monoisotopic (exact) mass is 196 g/mol. The molecule has 1 nitrogen and oxygen atoms in total. The lowest BCUT2D eigenvalue weighted by atomic mass is 9.98. The molecule has 0 saturated carbocycles. The van der Waals surface area contributed by atoms with Crippen LogP contribution in [0.3, 0.4) is 0 Å². The van der Waals surface area contributed by atoms with Crippen molar-refractivity contribution in [3.05, 3.63) is 35.1 Å². The maximum atomic E-state index is 13.5. The van der Waals surface area contributed by atoms with Crippen LogP contribution in [0.1, 0.15) is 37.5 Å². The van der Waals surface area contributed by atoms with Crippen LogP contribution in [0.15, 0.2) is 18.2 Å². The van der Waals surface area contributed by atoms with E-state index in [2.05, 4.69) is 0 Å². The first-order valence-corrected chi connectivity index (χ1v) is 4.95. The summed E-state index contributed by atoms with van der Waals surface area (Å²) in [4.78, 5) is 0. The summed E-state index contributed by atoms with van der Waals surface area (Å²) in [6, 6.07) is 5.13. The third kappa shape index (κ3) is 2.55. The average Bonchev–Trinajstić information content (AvgIpc) is 2.08. The lowest BCUT2D eigenvalue weighted by molar-refractivity contribution is 0.146. The van der Waals surface area contributed by atoms with Gasteiger partial charge in [-0.1, -0.05) is 32.0 Å². The molecule has 2 heteroatoms. The summed E-state index contributed by atoms with van der Waals surface area (Å²) < 4.78 is 13.5. The van der Waals surface area contributed by atoms with E-state index in [0.29, 0.717) is 23.5 Å². The number of benzene rings is 1. The van der Waals surface area contributed by atoms with Gasteiger partial charge in [-0.3, -0.25) is 0 Å². The van der Waals surface area contributed by atoms with E-state index in [-0.39, 0.29) is 5.82 Å². The fourth-order valence-electron chi connectivity index (χ4n) is 1.50. The highest BCUT2D eigenvalue weighted by atomic mass is 19.1. The summed E-state index contributed by atoms with van der Waals surface area (Å²) in [5.41, 5.74) is 1.00. The highest BCUT2D eigenvalue weighted by Crippen LogP contribution is 2.24. The minimum Gasteiger partial charge on any atom is -0.388 e. The molecule has 1 aromatic rings. The van der Waals surface area contributed by atoms with Crippen LogP contribution in [-0.4, -0.2) is 5.11 Å². The van der Waals surface area contributed by atoms with E-state index in [0.717, 1.165) is 0 Å². The maximum Gasteiger partial charge on any atom is 0.131 e. The molecule has 0 aromatic heterocycles. The summed E-state index contributed by atoms with van der Waals surface area (Å²) in [7, 11) is 0. The lowest BCUT2D eigenvalue weighted by Gasteiger charge is -2.14. The Labute approximate surface area is 84.6 Å². The third-order valence-corrected chi connectivity index (χ3v) is 2.28. The molecule has 0 bridgehead atoms. The van der Waals surface area contributed by atoms with Crippen molar-refractivity contribution in [2.24, 2.45) is 5.92 Å². The van der Waals surface area contributed by atoms with Crippen LogP contribution in [0.4, 0.5) is 4.39 Å². The molecule has 14 heavy (non-hydrogen) atoms. The Bertz CT molecular complexity index is 307. The van der Waals surface area contributed by atoms with Crippen LogP contribution in [0, 0.1) is 18.7 Å². The minimum atomic E-state index is -0.685. The van der Waals surface area contributed by atoms with Crippen LogP contribution in [-0.2, 0) is 0 Å². The van der Waals surface area contributed by atoms with Crippen molar-refractivity contribution in [2.45, 2.75) is 33.3 Å². The number of hydrogen-bond donors (Lipinski definition) is 1. The van der Waals surface area contributed by atoms with Crippen molar-refractivity contribution in [2.75, 3.05) is 0 Å². The number of hydrogen-bond acceptors (Lipinski definition) is 1. The summed E-state index contributed by atoms with van der Waals surface area (Å²) in [5.74, 6) is 0.0885. The van der Waals surface area contributed by atoms with Crippen LogP contribution in [0.25, 0.3) is 0 Å². The lowest BCUT2D eigenvalue weighted by Crippen LogP contribution is -2.05. The van der Waals surface area contributed by atoms with E-state index in [4.69, 9.17) is 0 Å². The van der Waals surface area contributed by atoms with Crippen molar-refractivity contribution in [3.63, 3.8) is 0 Å². The molecule has 1 atom stereocenters. The molecule has 1 N–H and O–H groups in total. The Morgan fingerprint density at radius 1 is 1.36 bits per heavy atom. The molecule has 0 radical (unpaired) electrons. The van der Waals surface area contributed by atoms with Crippen LogP contribution in [0.5, 0.6) is 0 Å². The number of aliphatic hydroxyl groups is 1. The molecule has 0 aliphatic carbocycles. The SMILES string of the molecule is Cc1cccc(C(O)CC(C)C)c1F. The second-order valence-electron chi connectivity index (χ2n) is 4.12. The standard InChI is InChI=1S/C12H17FO/c1-8(2)7-11(14)10-6-4-5-9(3)12(10)13/h4-6,8,11,14H,7H2,1-3H3. The molecule has 0 amide bonds. The van der Waals surface area contributed by atoms with Crippen molar-refractivity contribution < 1.29 is 9.50 Å². The van der Waals surface area contributed by atoms with Gasteiger partial charge < -0.3 is 5.11 Å². The van der Waals surface area contributed by atoms with Gasteiger partial charge in [0.15, 0.2) is 0 Å². The summed E-state index contributed by atoms with van der Waals surface area (Å²) in [6.45, 7) is 5.73. The number of aryl methyl sites for hydroxylation is 1. The predicted octanol–water partition coefficient (Wildman–Crippen LogP) is 3.21. The molecule has 1 aromatic carbocycles. The largest absolute Gasteiger partial charge is 0.388 e. The van der Waals surface area contributed by atoms with Crippen LogP contribution in [0.2, 0.25) is 0 Å². The highest BCUT2D eigenvalue weighted by Gasteiger charge is 2.14. The predicted molar refractivity (Wildman–Crippen MR) is 55.6 cm³/mol. The van der Waals surface area contributed by atoms with Crippen molar-refractivity contribution in [1.82, 2.24) is 0 Å². The summed E-state index contributed by atoms with van der Waals surface area (Å²) in [5, 5.41) is 9.76. The van der Waals surface area contributed by atoms with Crippen LogP contribution >= 0.6 is 0 Å². The average molecular weight is 196 g/mol. The van der Waals surface area contributed by atoms with Gasteiger partial charge in [0.05, 0.1) is 6.10 Å². The first-order valence-electron chi connectivity index (χ1n) is 4.95. The van der Waals surface area contributed by atoms with Gasteiger partial charge in [-0.2, -0.15) is 0 Å². The zero-order valence-corrected chi connectivity index (χ0v) is 8.92. The summed E-state index contributed by atoms with van der Waals surface area (Å²) in [6.07, 6.45) is -0.0877. The molecule has 1 rings (SSSR count). The molecule has 0 aliphatic heterocycles. The topological polar surface area (TPSA) is 20.2 Å². The Balaban J connectivity index is 2.89. The van der Waals surface area contributed by atoms with Gasteiger partial charge in [0, 0.05) is 5.56 Å². The van der Waals surface area contributed by atoms with Gasteiger partial charge >= 0.3 is 0 Å². The Morgan fingerprint density at radius 2 is 2.00 bits per heavy atom. The van der Waals surface area contributed by atoms with E-state index in [9.17, 15) is 9.50 Å². The fraction of sp³-hybridized carbons (Fsp3) is 0.500. The molecule has 0 saturated heterocycles. The zero-order chi connectivity index (χ0) is 10.7. The zero-order valence-electron chi connectivity index (χ0n) is 8.92. The van der Waals surface area contributed by atoms with Crippen molar-refractivity contribution >= 4 is 0 Å². The van der Waals surface area contributed by atoms with Gasteiger partial charge in [0.1, 0.15) is 5.82 Å². The van der Waals surface area contributed by atoms with Gasteiger partial charge in [0.25, 0.3) is 0 Å². The van der Waals surface area contributed by atoms with Gasteiger partial charge in [-0.25, -0.2) is 4.39 Å². The molecule has 1 unspecified atom stereocenters. The fourth-order valence-corrected chi connectivity index (χ4v) is 1.50. The molecule has 0 heterocycles. The molecule has 0 aliphatic rings. The second-order valence-corrected chi connectivity index (χ2v) is 4.12. The van der Waals surface area contributed by atoms with E-state index in [1.165, 1.54) is 0 Å². The van der Waals surface area contributed by atoms with E-state index in [1.807, 2.05) is 13.8 Å². The van der Waals surface area contributed by atoms with Crippen LogP contribution < -0.4 is 0 Å². The quantitative estimate of drug-likeness (QED) is 0.787. The van der Waals surface area contributed by atoms with Gasteiger partial charge in [0.2, 0.25) is 0 Å². The smallest absolute Gasteiger partial charge is 0.131 e. The minimum absolute atomic E-state index is 0.277. The molecular weight excluding hydrogens is 179 g/mol. The number of aliphatic hydroxyl groups excluding tert-OH is 1. The molecule has 0 fully saturated rings. The summed E-state index contributed by atoms with van der Waals surface area (Å²) >= 11 is 0. The van der Waals surface area contributed by atoms with Crippen molar-refractivity contribution in [3.8, 4) is 0 Å². The molecular formula is C12H17FO. The Morgan fingerprint density at radius 3 is 2.57 bits per heavy atom. The van der Waals surface area contributed by atoms with Gasteiger partial charge in [-0.15, -0.1) is 0 Å². The third-order valence-electron chi connectivity index (χ3n) is 2.28. The Hall–Kier alpha value is -0.890. The normalized spacial score (nSPS) is 13.3. The first-order chi connectivity index (χ1) is 6.52. The van der Waals surface area contributed by atoms with Gasteiger partial charge in [-0.05, 0) is 24.8 Å². The number of halogens is 1. The molecule has 78 valence electrons. The second kappa shape index (κ2) is 4.56. The van der Waals surface area contributed by atoms with E-state index in [1.54, 1.807) is 25.1 Å². The van der Waals surface area contributed by atoms with E-state index >= 15 is 0 Å². The number of rotatable bonds is 3. The highest BCUT2D eigenvalue weighted by molar-refractivity contribution is 5.26. The first kappa shape index (κ1) is 11.2. The molecule has 0 spiro atoms.